The average Bonchev–Trinajstić information content (AvgIpc) is 2.53. The summed E-state index contributed by atoms with van der Waals surface area (Å²) in [4.78, 5) is 0. The standard InChI is InChI=1S/C18H21NO2/c1-12-8-14(11-16(9-12)21-3)18-17-5-4-15(20-2)10-13(17)6-7-19-18/h4-5,8-11,18-19H,6-7H2,1-3H3. The van der Waals surface area contributed by atoms with Crippen molar-refractivity contribution in [3.05, 3.63) is 58.7 Å². The van der Waals surface area contributed by atoms with E-state index in [4.69, 9.17) is 9.47 Å². The van der Waals surface area contributed by atoms with Crippen LogP contribution in [0.5, 0.6) is 11.5 Å². The normalized spacial score (nSPS) is 17.2. The van der Waals surface area contributed by atoms with Crippen LogP contribution in [0, 0.1) is 6.92 Å². The van der Waals surface area contributed by atoms with Gasteiger partial charge in [-0.2, -0.15) is 0 Å². The van der Waals surface area contributed by atoms with Crippen molar-refractivity contribution in [2.75, 3.05) is 20.8 Å². The van der Waals surface area contributed by atoms with Gasteiger partial charge in [0.25, 0.3) is 0 Å². The molecule has 0 spiro atoms. The second-order valence-corrected chi connectivity index (χ2v) is 5.49. The third-order valence-electron chi connectivity index (χ3n) is 4.05. The molecule has 1 aliphatic heterocycles. The number of rotatable bonds is 3. The lowest BCUT2D eigenvalue weighted by molar-refractivity contribution is 0.411. The summed E-state index contributed by atoms with van der Waals surface area (Å²) in [5.41, 5.74) is 5.15. The van der Waals surface area contributed by atoms with Crippen LogP contribution in [0.2, 0.25) is 0 Å². The van der Waals surface area contributed by atoms with Gasteiger partial charge in [-0.25, -0.2) is 0 Å². The van der Waals surface area contributed by atoms with Gasteiger partial charge in [0.15, 0.2) is 0 Å². The molecule has 1 atom stereocenters. The lowest BCUT2D eigenvalue weighted by Gasteiger charge is -2.28. The molecular weight excluding hydrogens is 262 g/mol. The molecule has 21 heavy (non-hydrogen) atoms. The second-order valence-electron chi connectivity index (χ2n) is 5.49. The van der Waals surface area contributed by atoms with Crippen molar-refractivity contribution in [2.24, 2.45) is 0 Å². The molecule has 3 rings (SSSR count). The van der Waals surface area contributed by atoms with Gasteiger partial charge in [0.1, 0.15) is 11.5 Å². The first-order valence-electron chi connectivity index (χ1n) is 7.27. The average molecular weight is 283 g/mol. The number of fused-ring (bicyclic) bond motifs is 1. The molecule has 0 fully saturated rings. The van der Waals surface area contributed by atoms with E-state index >= 15 is 0 Å². The van der Waals surface area contributed by atoms with Gasteiger partial charge in [0.2, 0.25) is 0 Å². The smallest absolute Gasteiger partial charge is 0.119 e. The van der Waals surface area contributed by atoms with Crippen molar-refractivity contribution >= 4 is 0 Å². The van der Waals surface area contributed by atoms with E-state index in [1.807, 2.05) is 6.07 Å². The Morgan fingerprint density at radius 1 is 1.00 bits per heavy atom. The Morgan fingerprint density at radius 2 is 1.81 bits per heavy atom. The lowest BCUT2D eigenvalue weighted by atomic mass is 9.89. The highest BCUT2D eigenvalue weighted by Gasteiger charge is 2.22. The first-order chi connectivity index (χ1) is 10.2. The minimum Gasteiger partial charge on any atom is -0.497 e. The predicted molar refractivity (Wildman–Crippen MR) is 84.3 cm³/mol. The second kappa shape index (κ2) is 5.78. The number of aryl methyl sites for hydroxylation is 1. The molecule has 0 bridgehead atoms. The summed E-state index contributed by atoms with van der Waals surface area (Å²) in [6.45, 7) is 3.07. The largest absolute Gasteiger partial charge is 0.497 e. The number of nitrogens with one attached hydrogen (secondary N) is 1. The molecule has 0 radical (unpaired) electrons. The van der Waals surface area contributed by atoms with E-state index in [-0.39, 0.29) is 6.04 Å². The van der Waals surface area contributed by atoms with Crippen molar-refractivity contribution < 1.29 is 9.47 Å². The van der Waals surface area contributed by atoms with E-state index in [1.54, 1.807) is 14.2 Å². The third-order valence-corrected chi connectivity index (χ3v) is 4.05. The van der Waals surface area contributed by atoms with Crippen molar-refractivity contribution in [3.8, 4) is 11.5 Å². The Balaban J connectivity index is 2.03. The van der Waals surface area contributed by atoms with E-state index in [2.05, 4.69) is 42.6 Å². The van der Waals surface area contributed by atoms with Gasteiger partial charge in [-0.1, -0.05) is 12.1 Å². The van der Waals surface area contributed by atoms with Crippen molar-refractivity contribution in [1.29, 1.82) is 0 Å². The van der Waals surface area contributed by atoms with E-state index < -0.39 is 0 Å². The maximum absolute atomic E-state index is 5.40. The van der Waals surface area contributed by atoms with Crippen molar-refractivity contribution in [1.82, 2.24) is 5.32 Å². The molecule has 3 heteroatoms. The first kappa shape index (κ1) is 14.0. The Morgan fingerprint density at radius 3 is 2.57 bits per heavy atom. The third kappa shape index (κ3) is 2.74. The molecule has 2 aromatic rings. The van der Waals surface area contributed by atoms with Crippen LogP contribution >= 0.6 is 0 Å². The van der Waals surface area contributed by atoms with Gasteiger partial charge in [-0.3, -0.25) is 0 Å². The molecule has 0 saturated heterocycles. The van der Waals surface area contributed by atoms with E-state index in [0.29, 0.717) is 0 Å². The number of benzene rings is 2. The summed E-state index contributed by atoms with van der Waals surface area (Å²) in [5, 5.41) is 3.61. The van der Waals surface area contributed by atoms with Gasteiger partial charge >= 0.3 is 0 Å². The van der Waals surface area contributed by atoms with Gasteiger partial charge in [-0.15, -0.1) is 0 Å². The molecule has 1 N–H and O–H groups in total. The van der Waals surface area contributed by atoms with Crippen molar-refractivity contribution in [3.63, 3.8) is 0 Å². The first-order valence-corrected chi connectivity index (χ1v) is 7.27. The summed E-state index contributed by atoms with van der Waals surface area (Å²) in [6, 6.07) is 13.0. The lowest BCUT2D eigenvalue weighted by Crippen LogP contribution is -2.30. The molecule has 110 valence electrons. The Kier molecular flexibility index (Phi) is 3.84. The highest BCUT2D eigenvalue weighted by molar-refractivity contribution is 5.46. The van der Waals surface area contributed by atoms with Gasteiger partial charge in [-0.05, 0) is 59.9 Å². The highest BCUT2D eigenvalue weighted by Crippen LogP contribution is 2.33. The quantitative estimate of drug-likeness (QED) is 0.938. The van der Waals surface area contributed by atoms with Crippen LogP contribution in [0.4, 0.5) is 0 Å². The van der Waals surface area contributed by atoms with Crippen LogP contribution in [0.25, 0.3) is 0 Å². The monoisotopic (exact) mass is 283 g/mol. The van der Waals surface area contributed by atoms with E-state index in [1.165, 1.54) is 22.3 Å². The zero-order valence-corrected chi connectivity index (χ0v) is 12.8. The molecule has 0 aliphatic carbocycles. The topological polar surface area (TPSA) is 30.5 Å². The maximum atomic E-state index is 5.40. The molecule has 0 saturated carbocycles. The summed E-state index contributed by atoms with van der Waals surface area (Å²) in [5.74, 6) is 1.84. The number of ether oxygens (including phenoxy) is 2. The number of hydrogen-bond donors (Lipinski definition) is 1. The van der Waals surface area contributed by atoms with E-state index in [9.17, 15) is 0 Å². The summed E-state index contributed by atoms with van der Waals surface area (Å²) in [6.07, 6.45) is 1.03. The molecule has 0 amide bonds. The summed E-state index contributed by atoms with van der Waals surface area (Å²) < 4.78 is 10.7. The highest BCUT2D eigenvalue weighted by atomic mass is 16.5. The Hall–Kier alpha value is -2.00. The zero-order chi connectivity index (χ0) is 14.8. The molecule has 0 aromatic heterocycles. The van der Waals surface area contributed by atoms with Crippen molar-refractivity contribution in [2.45, 2.75) is 19.4 Å². The fraction of sp³-hybridized carbons (Fsp3) is 0.333. The fourth-order valence-electron chi connectivity index (χ4n) is 3.03. The number of methoxy groups -OCH3 is 2. The maximum Gasteiger partial charge on any atom is 0.119 e. The Labute approximate surface area is 125 Å². The van der Waals surface area contributed by atoms with Gasteiger partial charge < -0.3 is 14.8 Å². The van der Waals surface area contributed by atoms with Crippen LogP contribution in [0.3, 0.4) is 0 Å². The van der Waals surface area contributed by atoms with Crippen LogP contribution in [0.1, 0.15) is 28.3 Å². The van der Waals surface area contributed by atoms with Crippen LogP contribution in [-0.4, -0.2) is 20.8 Å². The van der Waals surface area contributed by atoms with Crippen LogP contribution in [0.15, 0.2) is 36.4 Å². The molecular formula is C18H21NO2. The minimum absolute atomic E-state index is 0.216. The predicted octanol–water partition coefficient (Wildman–Crippen LogP) is 3.25. The van der Waals surface area contributed by atoms with Crippen LogP contribution in [-0.2, 0) is 6.42 Å². The molecule has 1 heterocycles. The van der Waals surface area contributed by atoms with E-state index in [0.717, 1.165) is 24.5 Å². The fourth-order valence-corrected chi connectivity index (χ4v) is 3.03. The molecule has 2 aromatic carbocycles. The Bertz CT molecular complexity index is 652. The molecule has 1 unspecified atom stereocenters. The van der Waals surface area contributed by atoms with Crippen LogP contribution < -0.4 is 14.8 Å². The number of hydrogen-bond acceptors (Lipinski definition) is 3. The zero-order valence-electron chi connectivity index (χ0n) is 12.8. The van der Waals surface area contributed by atoms with Gasteiger partial charge in [0.05, 0.1) is 20.3 Å². The minimum atomic E-state index is 0.216. The van der Waals surface area contributed by atoms with Gasteiger partial charge in [0, 0.05) is 6.54 Å². The SMILES string of the molecule is COc1cc(C)cc(C2NCCc3cc(OC)ccc32)c1. The summed E-state index contributed by atoms with van der Waals surface area (Å²) >= 11 is 0. The molecule has 1 aliphatic rings. The molecule has 3 nitrogen and oxygen atoms in total. The summed E-state index contributed by atoms with van der Waals surface area (Å²) in [7, 11) is 3.43.